The van der Waals surface area contributed by atoms with E-state index < -0.39 is 0 Å². The maximum Gasteiger partial charge on any atom is 0.120 e. The largest absolute Gasteiger partial charge is 0.497 e. The van der Waals surface area contributed by atoms with Gasteiger partial charge in [0.2, 0.25) is 0 Å². The van der Waals surface area contributed by atoms with Gasteiger partial charge in [0.15, 0.2) is 0 Å². The van der Waals surface area contributed by atoms with Gasteiger partial charge in [0.1, 0.15) is 5.75 Å². The molecule has 0 heterocycles. The molecule has 0 aromatic heterocycles. The van der Waals surface area contributed by atoms with Crippen molar-refractivity contribution < 1.29 is 4.74 Å². The molecule has 3 heteroatoms. The predicted octanol–water partition coefficient (Wildman–Crippen LogP) is 5.43. The molecule has 1 aliphatic carbocycles. The van der Waals surface area contributed by atoms with Gasteiger partial charge in [-0.2, -0.15) is 0 Å². The van der Waals surface area contributed by atoms with Crippen LogP contribution in [0.5, 0.6) is 5.75 Å². The molecule has 3 rings (SSSR count). The highest BCUT2D eigenvalue weighted by Crippen LogP contribution is 2.38. The fraction of sp³-hybridized carbons (Fsp3) is 0.294. The molecule has 0 spiro atoms. The molecule has 2 aromatic carbocycles. The Morgan fingerprint density at radius 1 is 1.05 bits per heavy atom. The number of methoxy groups -OCH3 is 1. The van der Waals surface area contributed by atoms with Gasteiger partial charge in [0, 0.05) is 4.47 Å². The number of hydrogen-bond acceptors (Lipinski definition) is 1. The first kappa shape index (κ1) is 14.2. The van der Waals surface area contributed by atoms with E-state index in [0.717, 1.165) is 10.2 Å². The van der Waals surface area contributed by atoms with Crippen molar-refractivity contribution in [1.82, 2.24) is 0 Å². The third-order valence-corrected chi connectivity index (χ3v) is 5.60. The Hall–Kier alpha value is -0.800. The fourth-order valence-electron chi connectivity index (χ4n) is 2.77. The van der Waals surface area contributed by atoms with Crippen molar-refractivity contribution in [2.75, 3.05) is 7.11 Å². The lowest BCUT2D eigenvalue weighted by Crippen LogP contribution is -1.96. The molecule has 0 saturated heterocycles. The van der Waals surface area contributed by atoms with Crippen LogP contribution in [0.1, 0.15) is 33.5 Å². The molecular weight excluding hydrogens is 380 g/mol. The smallest absolute Gasteiger partial charge is 0.120 e. The molecule has 1 atom stereocenters. The number of rotatable bonds is 3. The van der Waals surface area contributed by atoms with Gasteiger partial charge in [0.25, 0.3) is 0 Å². The summed E-state index contributed by atoms with van der Waals surface area (Å²) in [6, 6.07) is 13.0. The lowest BCUT2D eigenvalue weighted by molar-refractivity contribution is 0.414. The molecule has 0 amide bonds. The minimum absolute atomic E-state index is 0.202. The zero-order valence-electron chi connectivity index (χ0n) is 11.3. The maximum atomic E-state index is 5.25. The summed E-state index contributed by atoms with van der Waals surface area (Å²) >= 11 is 7.47. The molecule has 0 saturated carbocycles. The summed E-state index contributed by atoms with van der Waals surface area (Å²) in [5.41, 5.74) is 5.57. The third kappa shape index (κ3) is 2.66. The van der Waals surface area contributed by atoms with Crippen molar-refractivity contribution in [2.24, 2.45) is 0 Å². The number of aryl methyl sites for hydroxylation is 2. The Labute approximate surface area is 136 Å². The molecule has 1 aliphatic rings. The van der Waals surface area contributed by atoms with Gasteiger partial charge >= 0.3 is 0 Å². The zero-order valence-corrected chi connectivity index (χ0v) is 14.5. The van der Waals surface area contributed by atoms with E-state index in [2.05, 4.69) is 56.1 Å². The summed E-state index contributed by atoms with van der Waals surface area (Å²) < 4.78 is 6.32. The molecule has 0 radical (unpaired) electrons. The van der Waals surface area contributed by atoms with Gasteiger partial charge in [-0.05, 0) is 53.6 Å². The van der Waals surface area contributed by atoms with Gasteiger partial charge in [-0.25, -0.2) is 0 Å². The number of alkyl halides is 1. The van der Waals surface area contributed by atoms with E-state index in [-0.39, 0.29) is 4.83 Å². The van der Waals surface area contributed by atoms with Crippen LogP contribution in [0.4, 0.5) is 0 Å². The van der Waals surface area contributed by atoms with Crippen LogP contribution in [-0.2, 0) is 12.8 Å². The van der Waals surface area contributed by atoms with E-state index in [1.165, 1.54) is 41.5 Å². The molecule has 2 aromatic rings. The zero-order chi connectivity index (χ0) is 14.1. The Balaban J connectivity index is 1.94. The highest BCUT2D eigenvalue weighted by Gasteiger charge is 2.17. The van der Waals surface area contributed by atoms with E-state index >= 15 is 0 Å². The first-order valence-corrected chi connectivity index (χ1v) is 8.49. The normalized spacial score (nSPS) is 14.9. The average molecular weight is 396 g/mol. The van der Waals surface area contributed by atoms with Crippen molar-refractivity contribution in [1.29, 1.82) is 0 Å². The number of benzene rings is 2. The lowest BCUT2D eigenvalue weighted by Gasteiger charge is -2.15. The van der Waals surface area contributed by atoms with Gasteiger partial charge in [-0.15, -0.1) is 0 Å². The molecular formula is C17H16Br2O. The monoisotopic (exact) mass is 394 g/mol. The summed E-state index contributed by atoms with van der Waals surface area (Å²) in [4.78, 5) is 0.202. The first-order valence-electron chi connectivity index (χ1n) is 6.78. The lowest BCUT2D eigenvalue weighted by atomic mass is 10.0. The summed E-state index contributed by atoms with van der Waals surface area (Å²) in [6.07, 6.45) is 3.74. The van der Waals surface area contributed by atoms with Crippen molar-refractivity contribution >= 4 is 31.9 Å². The van der Waals surface area contributed by atoms with Crippen LogP contribution in [0.25, 0.3) is 0 Å². The van der Waals surface area contributed by atoms with E-state index in [0.29, 0.717) is 0 Å². The van der Waals surface area contributed by atoms with E-state index in [9.17, 15) is 0 Å². The molecule has 0 bridgehead atoms. The van der Waals surface area contributed by atoms with Gasteiger partial charge in [-0.3, -0.25) is 0 Å². The minimum atomic E-state index is 0.202. The van der Waals surface area contributed by atoms with Crippen LogP contribution in [0.3, 0.4) is 0 Å². The van der Waals surface area contributed by atoms with Crippen LogP contribution >= 0.6 is 31.9 Å². The van der Waals surface area contributed by atoms with Crippen LogP contribution in [0.15, 0.2) is 40.9 Å². The molecule has 20 heavy (non-hydrogen) atoms. The van der Waals surface area contributed by atoms with Crippen LogP contribution in [-0.4, -0.2) is 7.11 Å². The van der Waals surface area contributed by atoms with E-state index in [4.69, 9.17) is 4.74 Å². The van der Waals surface area contributed by atoms with Gasteiger partial charge < -0.3 is 4.74 Å². The quantitative estimate of drug-likeness (QED) is 0.629. The van der Waals surface area contributed by atoms with Crippen LogP contribution < -0.4 is 4.74 Å². The summed E-state index contributed by atoms with van der Waals surface area (Å²) in [7, 11) is 1.69. The minimum Gasteiger partial charge on any atom is -0.497 e. The maximum absolute atomic E-state index is 5.25. The van der Waals surface area contributed by atoms with Crippen molar-refractivity contribution in [3.8, 4) is 5.75 Å². The predicted molar refractivity (Wildman–Crippen MR) is 89.9 cm³/mol. The molecule has 0 fully saturated rings. The molecule has 1 unspecified atom stereocenters. The highest BCUT2D eigenvalue weighted by atomic mass is 79.9. The van der Waals surface area contributed by atoms with Crippen LogP contribution in [0, 0.1) is 0 Å². The Morgan fingerprint density at radius 2 is 1.85 bits per heavy atom. The van der Waals surface area contributed by atoms with Gasteiger partial charge in [0.05, 0.1) is 11.9 Å². The summed E-state index contributed by atoms with van der Waals surface area (Å²) in [6.45, 7) is 0. The number of halogens is 2. The molecule has 0 aliphatic heterocycles. The number of fused-ring (bicyclic) bond motifs is 1. The number of hydrogen-bond donors (Lipinski definition) is 0. The Bertz CT molecular complexity index is 637. The van der Waals surface area contributed by atoms with Crippen molar-refractivity contribution in [3.63, 3.8) is 0 Å². The topological polar surface area (TPSA) is 9.23 Å². The number of ether oxygens (including phenoxy) is 1. The van der Waals surface area contributed by atoms with E-state index in [1.54, 1.807) is 7.11 Å². The van der Waals surface area contributed by atoms with Crippen LogP contribution in [0.2, 0.25) is 0 Å². The van der Waals surface area contributed by atoms with Crippen molar-refractivity contribution in [3.05, 3.63) is 63.1 Å². The standard InChI is InChI=1S/C17H16Br2O/c1-20-14-7-8-15(16(18)10-14)17(19)13-6-5-11-3-2-4-12(11)9-13/h5-10,17H,2-4H2,1H3. The SMILES string of the molecule is COc1ccc(C(Br)c2ccc3c(c2)CCC3)c(Br)c1. The highest BCUT2D eigenvalue weighted by molar-refractivity contribution is 9.11. The summed E-state index contributed by atoms with van der Waals surface area (Å²) in [5, 5.41) is 0. The van der Waals surface area contributed by atoms with Crippen molar-refractivity contribution in [2.45, 2.75) is 24.1 Å². The third-order valence-electron chi connectivity index (χ3n) is 3.90. The second kappa shape index (κ2) is 5.90. The summed E-state index contributed by atoms with van der Waals surface area (Å²) in [5.74, 6) is 0.870. The average Bonchev–Trinajstić information content (AvgIpc) is 2.93. The second-order valence-electron chi connectivity index (χ2n) is 5.13. The first-order chi connectivity index (χ1) is 9.69. The van der Waals surface area contributed by atoms with Gasteiger partial charge in [-0.1, -0.05) is 56.1 Å². The van der Waals surface area contributed by atoms with E-state index in [1.807, 2.05) is 12.1 Å². The Kier molecular flexibility index (Phi) is 4.18. The molecule has 0 N–H and O–H groups in total. The Morgan fingerprint density at radius 3 is 2.60 bits per heavy atom. The fourth-order valence-corrected chi connectivity index (χ4v) is 4.35. The second-order valence-corrected chi connectivity index (χ2v) is 6.90. The molecule has 104 valence electrons. The molecule has 1 nitrogen and oxygen atoms in total.